The van der Waals surface area contributed by atoms with Crippen LogP contribution in [0.4, 0.5) is 0 Å². The van der Waals surface area contributed by atoms with E-state index in [4.69, 9.17) is 0 Å². The molecule has 0 aliphatic carbocycles. The van der Waals surface area contributed by atoms with Gasteiger partial charge in [-0.1, -0.05) is 58.4 Å². The number of hydrogen-bond donors (Lipinski definition) is 0. The normalized spacial score (nSPS) is 15.0. The van der Waals surface area contributed by atoms with E-state index in [9.17, 15) is 9.59 Å². The SMILES string of the molecule is C[C@@H](c1ccccc1)N1C(=O)c2cccc3c(Br)ccc(c23)C1=O. The second-order valence-electron chi connectivity index (χ2n) is 5.89. The van der Waals surface area contributed by atoms with Crippen molar-refractivity contribution < 1.29 is 9.59 Å². The van der Waals surface area contributed by atoms with Gasteiger partial charge in [-0.15, -0.1) is 0 Å². The van der Waals surface area contributed by atoms with E-state index in [2.05, 4.69) is 15.9 Å². The Hall–Kier alpha value is -2.46. The Morgan fingerprint density at radius 1 is 0.833 bits per heavy atom. The van der Waals surface area contributed by atoms with Gasteiger partial charge in [-0.3, -0.25) is 14.5 Å². The van der Waals surface area contributed by atoms with Crippen LogP contribution in [0.15, 0.2) is 65.1 Å². The van der Waals surface area contributed by atoms with E-state index in [1.807, 2.05) is 55.5 Å². The van der Waals surface area contributed by atoms with Gasteiger partial charge in [0.2, 0.25) is 0 Å². The first-order valence-electron chi connectivity index (χ1n) is 7.73. The quantitative estimate of drug-likeness (QED) is 0.590. The summed E-state index contributed by atoms with van der Waals surface area (Å²) in [5, 5.41) is 1.62. The van der Waals surface area contributed by atoms with E-state index in [-0.39, 0.29) is 17.9 Å². The van der Waals surface area contributed by atoms with Crippen LogP contribution in [-0.2, 0) is 0 Å². The third-order valence-corrected chi connectivity index (χ3v) is 5.25. The van der Waals surface area contributed by atoms with Crippen LogP contribution in [0.2, 0.25) is 0 Å². The Kier molecular flexibility index (Phi) is 3.50. The lowest BCUT2D eigenvalue weighted by Crippen LogP contribution is -2.41. The highest BCUT2D eigenvalue weighted by atomic mass is 79.9. The molecule has 0 saturated heterocycles. The van der Waals surface area contributed by atoms with Gasteiger partial charge in [0.1, 0.15) is 0 Å². The van der Waals surface area contributed by atoms with E-state index in [0.717, 1.165) is 20.8 Å². The van der Waals surface area contributed by atoms with Crippen LogP contribution in [0, 0.1) is 0 Å². The molecule has 1 atom stereocenters. The molecule has 4 rings (SSSR count). The summed E-state index contributed by atoms with van der Waals surface area (Å²) < 4.78 is 0.883. The second kappa shape index (κ2) is 5.56. The van der Waals surface area contributed by atoms with Gasteiger partial charge in [-0.05, 0) is 36.1 Å². The lowest BCUT2D eigenvalue weighted by atomic mass is 9.92. The van der Waals surface area contributed by atoms with Gasteiger partial charge in [-0.25, -0.2) is 0 Å². The Bertz CT molecular complexity index is 959. The summed E-state index contributed by atoms with van der Waals surface area (Å²) in [6, 6.07) is 18.5. The molecule has 0 N–H and O–H groups in total. The number of carbonyl (C=O) groups is 2. The Morgan fingerprint density at radius 3 is 2.21 bits per heavy atom. The summed E-state index contributed by atoms with van der Waals surface area (Å²) in [4.78, 5) is 27.4. The zero-order valence-corrected chi connectivity index (χ0v) is 14.6. The number of carbonyl (C=O) groups excluding carboxylic acids is 2. The summed E-state index contributed by atoms with van der Waals surface area (Å²) in [6.45, 7) is 1.88. The van der Waals surface area contributed by atoms with Crippen molar-refractivity contribution in [1.82, 2.24) is 4.90 Å². The number of nitrogens with zero attached hydrogens (tertiary/aromatic N) is 1. The van der Waals surface area contributed by atoms with E-state index >= 15 is 0 Å². The number of imide groups is 1. The van der Waals surface area contributed by atoms with Crippen molar-refractivity contribution in [2.75, 3.05) is 0 Å². The number of halogens is 1. The Morgan fingerprint density at radius 2 is 1.50 bits per heavy atom. The fourth-order valence-corrected chi connectivity index (χ4v) is 3.77. The molecule has 24 heavy (non-hydrogen) atoms. The fourth-order valence-electron chi connectivity index (χ4n) is 3.31. The monoisotopic (exact) mass is 379 g/mol. The molecule has 3 aromatic rings. The topological polar surface area (TPSA) is 37.4 Å². The van der Waals surface area contributed by atoms with Crippen molar-refractivity contribution >= 4 is 38.5 Å². The van der Waals surface area contributed by atoms with Gasteiger partial charge in [0.25, 0.3) is 11.8 Å². The van der Waals surface area contributed by atoms with Gasteiger partial charge in [0.05, 0.1) is 6.04 Å². The molecule has 2 amide bonds. The van der Waals surface area contributed by atoms with Gasteiger partial charge in [0, 0.05) is 21.0 Å². The van der Waals surface area contributed by atoms with Gasteiger partial charge in [-0.2, -0.15) is 0 Å². The maximum absolute atomic E-state index is 13.0. The molecule has 0 saturated carbocycles. The third-order valence-electron chi connectivity index (χ3n) is 4.56. The maximum atomic E-state index is 13.0. The van der Waals surface area contributed by atoms with Crippen LogP contribution < -0.4 is 0 Å². The smallest absolute Gasteiger partial charge is 0.261 e. The first-order valence-corrected chi connectivity index (χ1v) is 8.53. The predicted octanol–water partition coefficient (Wildman–Crippen LogP) is 4.96. The average molecular weight is 380 g/mol. The van der Waals surface area contributed by atoms with Gasteiger partial charge < -0.3 is 0 Å². The van der Waals surface area contributed by atoms with Crippen molar-refractivity contribution in [3.05, 3.63) is 81.8 Å². The molecule has 0 bridgehead atoms. The van der Waals surface area contributed by atoms with E-state index in [0.29, 0.717) is 11.1 Å². The lowest BCUT2D eigenvalue weighted by molar-refractivity contribution is 0.0550. The average Bonchev–Trinajstić information content (AvgIpc) is 2.61. The molecule has 1 aliphatic heterocycles. The summed E-state index contributed by atoms with van der Waals surface area (Å²) >= 11 is 3.50. The number of hydrogen-bond acceptors (Lipinski definition) is 2. The first-order chi connectivity index (χ1) is 11.6. The summed E-state index contributed by atoms with van der Waals surface area (Å²) in [6.07, 6.45) is 0. The van der Waals surface area contributed by atoms with Crippen LogP contribution in [0.1, 0.15) is 39.2 Å². The summed E-state index contributed by atoms with van der Waals surface area (Å²) in [5.74, 6) is -0.486. The molecule has 1 aliphatic rings. The number of rotatable bonds is 2. The highest BCUT2D eigenvalue weighted by Gasteiger charge is 2.36. The van der Waals surface area contributed by atoms with Crippen LogP contribution in [0.5, 0.6) is 0 Å². The molecule has 0 radical (unpaired) electrons. The molecular formula is C20H14BrNO2. The minimum absolute atomic E-state index is 0.243. The Balaban J connectivity index is 1.91. The molecule has 0 spiro atoms. The van der Waals surface area contributed by atoms with E-state index in [1.165, 1.54) is 4.90 Å². The first kappa shape index (κ1) is 15.1. The van der Waals surface area contributed by atoms with Crippen LogP contribution in [0.25, 0.3) is 10.8 Å². The van der Waals surface area contributed by atoms with Crippen LogP contribution in [-0.4, -0.2) is 16.7 Å². The Labute approximate surface area is 148 Å². The molecule has 118 valence electrons. The van der Waals surface area contributed by atoms with Crippen LogP contribution in [0.3, 0.4) is 0 Å². The highest BCUT2D eigenvalue weighted by Crippen LogP contribution is 2.37. The van der Waals surface area contributed by atoms with Crippen molar-refractivity contribution in [2.45, 2.75) is 13.0 Å². The van der Waals surface area contributed by atoms with Crippen molar-refractivity contribution in [3.63, 3.8) is 0 Å². The fraction of sp³-hybridized carbons (Fsp3) is 0.100. The third kappa shape index (κ3) is 2.10. The standard InChI is InChI=1S/C20H14BrNO2/c1-12(13-6-3-2-4-7-13)22-19(23)15-9-5-8-14-17(21)11-10-16(18(14)15)20(22)24/h2-12H,1H3/t12-/m0/s1. The predicted molar refractivity (Wildman–Crippen MR) is 97.0 cm³/mol. The summed E-state index contributed by atoms with van der Waals surface area (Å²) in [5.41, 5.74) is 2.09. The number of benzene rings is 3. The lowest BCUT2D eigenvalue weighted by Gasteiger charge is -2.32. The highest BCUT2D eigenvalue weighted by molar-refractivity contribution is 9.10. The minimum atomic E-state index is -0.321. The van der Waals surface area contributed by atoms with Gasteiger partial charge >= 0.3 is 0 Å². The zero-order chi connectivity index (χ0) is 16.8. The van der Waals surface area contributed by atoms with Crippen molar-refractivity contribution in [1.29, 1.82) is 0 Å². The minimum Gasteiger partial charge on any atom is -0.269 e. The summed E-state index contributed by atoms with van der Waals surface area (Å²) in [7, 11) is 0. The molecule has 0 fully saturated rings. The molecule has 0 aromatic heterocycles. The van der Waals surface area contributed by atoms with Crippen molar-refractivity contribution in [2.24, 2.45) is 0 Å². The number of amides is 2. The maximum Gasteiger partial charge on any atom is 0.261 e. The van der Waals surface area contributed by atoms with Crippen molar-refractivity contribution in [3.8, 4) is 0 Å². The second-order valence-corrected chi connectivity index (χ2v) is 6.74. The molecule has 1 heterocycles. The molecule has 0 unspecified atom stereocenters. The van der Waals surface area contributed by atoms with E-state index < -0.39 is 0 Å². The zero-order valence-electron chi connectivity index (χ0n) is 13.0. The molecular weight excluding hydrogens is 366 g/mol. The van der Waals surface area contributed by atoms with Gasteiger partial charge in [0.15, 0.2) is 0 Å². The largest absolute Gasteiger partial charge is 0.269 e. The molecule has 3 nitrogen and oxygen atoms in total. The van der Waals surface area contributed by atoms with Crippen LogP contribution >= 0.6 is 15.9 Å². The molecule has 4 heteroatoms. The van der Waals surface area contributed by atoms with E-state index in [1.54, 1.807) is 12.1 Å². The molecule has 3 aromatic carbocycles.